The highest BCUT2D eigenvalue weighted by Crippen LogP contribution is 2.42. The first kappa shape index (κ1) is 17.1. The molecule has 1 heterocycles. The molecule has 0 spiro atoms. The van der Waals surface area contributed by atoms with Crippen molar-refractivity contribution in [3.8, 4) is 11.1 Å². The molecule has 4 rings (SSSR count). The summed E-state index contributed by atoms with van der Waals surface area (Å²) < 4.78 is 0. The summed E-state index contributed by atoms with van der Waals surface area (Å²) in [7, 11) is -1.90. The van der Waals surface area contributed by atoms with Crippen LogP contribution in [0, 0.1) is 0 Å². The molecule has 1 aliphatic rings. The van der Waals surface area contributed by atoms with Gasteiger partial charge in [0.25, 0.3) is 0 Å². The Balaban J connectivity index is 1.63. The van der Waals surface area contributed by atoms with Crippen molar-refractivity contribution in [2.45, 2.75) is 29.8 Å². The van der Waals surface area contributed by atoms with E-state index in [4.69, 9.17) is 9.79 Å². The molecule has 1 fully saturated rings. The lowest BCUT2D eigenvalue weighted by Gasteiger charge is -2.37. The number of aromatic amines is 1. The molecule has 25 heavy (non-hydrogen) atoms. The number of H-pyrrole nitrogens is 1. The minimum Gasteiger partial charge on any atom is -0.385 e. The Morgan fingerprint density at radius 3 is 2.40 bits per heavy atom. The smallest absolute Gasteiger partial charge is 0.175 e. The fourth-order valence-corrected chi connectivity index (χ4v) is 4.78. The Morgan fingerprint density at radius 2 is 1.76 bits per heavy atom. The summed E-state index contributed by atoms with van der Waals surface area (Å²) in [6, 6.07) is 14.4. The van der Waals surface area contributed by atoms with Crippen LogP contribution in [0.2, 0.25) is 0 Å². The van der Waals surface area contributed by atoms with Gasteiger partial charge in [0.1, 0.15) is 0 Å². The van der Waals surface area contributed by atoms with Crippen molar-refractivity contribution in [2.75, 3.05) is 5.49 Å². The second-order valence-corrected chi connectivity index (χ2v) is 9.03. The number of aromatic nitrogens is 1. The van der Waals surface area contributed by atoms with Gasteiger partial charge in [0, 0.05) is 22.0 Å². The second kappa shape index (κ2) is 6.75. The van der Waals surface area contributed by atoms with Gasteiger partial charge < -0.3 is 19.9 Å². The zero-order chi connectivity index (χ0) is 17.4. The van der Waals surface area contributed by atoms with E-state index in [0.29, 0.717) is 5.49 Å². The van der Waals surface area contributed by atoms with Crippen molar-refractivity contribution < 1.29 is 14.9 Å². The van der Waals surface area contributed by atoms with E-state index in [1.54, 1.807) is 0 Å². The minimum absolute atomic E-state index is 0.305. The molecular weight excluding hydrogens is 353 g/mol. The SMILES string of the molecule is OP(O)CSc1c[nH]c2ccc(-c3ccc(C4(O)CCC4)cc3)cc12. The van der Waals surface area contributed by atoms with Crippen molar-refractivity contribution in [1.82, 2.24) is 4.98 Å². The largest absolute Gasteiger partial charge is 0.385 e. The van der Waals surface area contributed by atoms with Crippen LogP contribution in [0.5, 0.6) is 0 Å². The first-order valence-electron chi connectivity index (χ1n) is 8.28. The lowest BCUT2D eigenvalue weighted by atomic mass is 9.75. The van der Waals surface area contributed by atoms with Crippen LogP contribution < -0.4 is 0 Å². The monoisotopic (exact) mass is 373 g/mol. The molecule has 130 valence electrons. The summed E-state index contributed by atoms with van der Waals surface area (Å²) in [4.78, 5) is 22.5. The first-order valence-corrected chi connectivity index (χ1v) is 10.7. The topological polar surface area (TPSA) is 76.5 Å². The molecule has 1 saturated carbocycles. The number of hydrogen-bond acceptors (Lipinski definition) is 4. The quantitative estimate of drug-likeness (QED) is 0.391. The molecule has 0 atom stereocenters. The Labute approximate surface area is 151 Å². The number of fused-ring (bicyclic) bond motifs is 1. The van der Waals surface area contributed by atoms with E-state index < -0.39 is 14.0 Å². The van der Waals surface area contributed by atoms with E-state index in [2.05, 4.69) is 29.2 Å². The van der Waals surface area contributed by atoms with Crippen LogP contribution in [-0.4, -0.2) is 25.4 Å². The maximum absolute atomic E-state index is 10.5. The third-order valence-corrected chi connectivity index (χ3v) is 7.00. The van der Waals surface area contributed by atoms with Crippen LogP contribution in [0.15, 0.2) is 53.6 Å². The van der Waals surface area contributed by atoms with Crippen LogP contribution in [0.25, 0.3) is 22.0 Å². The predicted octanol–water partition coefficient (Wildman–Crippen LogP) is 4.55. The first-order chi connectivity index (χ1) is 12.0. The Kier molecular flexibility index (Phi) is 4.61. The van der Waals surface area contributed by atoms with Gasteiger partial charge in [-0.3, -0.25) is 0 Å². The van der Waals surface area contributed by atoms with Gasteiger partial charge in [-0.1, -0.05) is 30.3 Å². The van der Waals surface area contributed by atoms with E-state index in [0.717, 1.165) is 51.8 Å². The maximum atomic E-state index is 10.5. The Morgan fingerprint density at radius 1 is 1.04 bits per heavy atom. The third-order valence-electron chi connectivity index (χ3n) is 4.92. The number of aliphatic hydroxyl groups is 1. The number of nitrogens with one attached hydrogen (secondary N) is 1. The minimum atomic E-state index is -1.90. The van der Waals surface area contributed by atoms with Gasteiger partial charge >= 0.3 is 0 Å². The number of hydrogen-bond donors (Lipinski definition) is 4. The summed E-state index contributed by atoms with van der Waals surface area (Å²) in [5.74, 6) is 0. The van der Waals surface area contributed by atoms with Gasteiger partial charge in [0.2, 0.25) is 0 Å². The molecule has 0 unspecified atom stereocenters. The number of rotatable bonds is 5. The molecule has 0 bridgehead atoms. The van der Waals surface area contributed by atoms with Crippen LogP contribution >= 0.6 is 20.1 Å². The van der Waals surface area contributed by atoms with E-state index in [1.165, 1.54) is 11.8 Å². The van der Waals surface area contributed by atoms with Crippen molar-refractivity contribution in [1.29, 1.82) is 0 Å². The van der Waals surface area contributed by atoms with Crippen molar-refractivity contribution in [3.05, 3.63) is 54.2 Å². The molecular formula is C19H20NO3PS. The van der Waals surface area contributed by atoms with Gasteiger partial charge in [-0.05, 0) is 48.1 Å². The summed E-state index contributed by atoms with van der Waals surface area (Å²) in [6.07, 6.45) is 4.70. The van der Waals surface area contributed by atoms with Gasteiger partial charge in [-0.15, -0.1) is 11.8 Å². The zero-order valence-electron chi connectivity index (χ0n) is 13.6. The molecule has 1 aromatic heterocycles. The van der Waals surface area contributed by atoms with Crippen LogP contribution in [0.4, 0.5) is 0 Å². The van der Waals surface area contributed by atoms with Crippen LogP contribution in [-0.2, 0) is 5.60 Å². The van der Waals surface area contributed by atoms with Gasteiger partial charge in [0.05, 0.1) is 11.1 Å². The average molecular weight is 373 g/mol. The molecule has 4 nitrogen and oxygen atoms in total. The molecule has 6 heteroatoms. The van der Waals surface area contributed by atoms with Crippen LogP contribution in [0.3, 0.4) is 0 Å². The third kappa shape index (κ3) is 3.35. The van der Waals surface area contributed by atoms with Crippen LogP contribution in [0.1, 0.15) is 24.8 Å². The lowest BCUT2D eigenvalue weighted by molar-refractivity contribution is -0.0387. The van der Waals surface area contributed by atoms with Crippen molar-refractivity contribution in [2.24, 2.45) is 0 Å². The molecule has 0 aliphatic heterocycles. The highest BCUT2D eigenvalue weighted by molar-refractivity contribution is 8.04. The highest BCUT2D eigenvalue weighted by Gasteiger charge is 2.35. The fourth-order valence-electron chi connectivity index (χ4n) is 3.29. The van der Waals surface area contributed by atoms with E-state index in [-0.39, 0.29) is 0 Å². The second-order valence-electron chi connectivity index (χ2n) is 6.52. The summed E-state index contributed by atoms with van der Waals surface area (Å²) >= 11 is 1.45. The van der Waals surface area contributed by atoms with E-state index in [9.17, 15) is 5.11 Å². The molecule has 2 aromatic carbocycles. The highest BCUT2D eigenvalue weighted by atomic mass is 32.2. The number of benzene rings is 2. The van der Waals surface area contributed by atoms with E-state index in [1.807, 2.05) is 24.4 Å². The molecule has 0 amide bonds. The fraction of sp³-hybridized carbons (Fsp3) is 0.263. The molecule has 1 aliphatic carbocycles. The number of thioether (sulfide) groups is 1. The Bertz CT molecular complexity index is 887. The molecule has 4 N–H and O–H groups in total. The zero-order valence-corrected chi connectivity index (χ0v) is 15.4. The maximum Gasteiger partial charge on any atom is 0.175 e. The molecule has 3 aromatic rings. The Hall–Kier alpha value is -1.36. The van der Waals surface area contributed by atoms with Gasteiger partial charge in [0.15, 0.2) is 8.38 Å². The normalized spacial score (nSPS) is 16.3. The van der Waals surface area contributed by atoms with E-state index >= 15 is 0 Å². The average Bonchev–Trinajstić information content (AvgIpc) is 3.00. The van der Waals surface area contributed by atoms with Crippen molar-refractivity contribution in [3.63, 3.8) is 0 Å². The lowest BCUT2D eigenvalue weighted by Crippen LogP contribution is -2.33. The summed E-state index contributed by atoms with van der Waals surface area (Å²) in [6.45, 7) is 0. The molecule has 0 radical (unpaired) electrons. The summed E-state index contributed by atoms with van der Waals surface area (Å²) in [5, 5.41) is 11.5. The standard InChI is InChI=1S/C19H20NO3PS/c21-19(8-1-9-19)15-5-2-13(3-6-15)14-4-7-17-16(10-14)18(11-20-17)25-12-24(22)23/h2-7,10-11,20-23H,1,8-9,12H2. The van der Waals surface area contributed by atoms with Crippen molar-refractivity contribution >= 4 is 31.0 Å². The predicted molar refractivity (Wildman–Crippen MR) is 104 cm³/mol. The summed E-state index contributed by atoms with van der Waals surface area (Å²) in [5.41, 5.74) is 3.93. The van der Waals surface area contributed by atoms with Gasteiger partial charge in [-0.25, -0.2) is 0 Å². The van der Waals surface area contributed by atoms with Gasteiger partial charge in [-0.2, -0.15) is 0 Å². The molecule has 0 saturated heterocycles.